The molecule has 4 rings (SSSR count). The number of nitro groups is 1. The van der Waals surface area contributed by atoms with Gasteiger partial charge in [0.1, 0.15) is 17.7 Å². The van der Waals surface area contributed by atoms with Crippen molar-refractivity contribution in [1.82, 2.24) is 0 Å². The number of carbonyl (C=O) groups is 1. The molecule has 0 unspecified atom stereocenters. The van der Waals surface area contributed by atoms with E-state index >= 15 is 0 Å². The number of halogens is 1. The number of hydrogen-bond donors (Lipinski definition) is 1. The van der Waals surface area contributed by atoms with Crippen LogP contribution in [0.3, 0.4) is 0 Å². The molecule has 9 heteroatoms. The monoisotopic (exact) mass is 408 g/mol. The minimum Gasteiger partial charge on any atom is -0.865 e. The number of methoxy groups -OCH3 is 1. The maximum atomic E-state index is 13.4. The number of fused-ring (bicyclic) bond motifs is 1. The number of nitrogens with zero attached hydrogens (tertiary/aromatic N) is 2. The Balaban J connectivity index is 1.92. The topological polar surface area (TPSA) is 108 Å². The highest BCUT2D eigenvalue weighted by Gasteiger charge is 2.35. The largest absolute Gasteiger partial charge is 0.865 e. The predicted molar refractivity (Wildman–Crippen MR) is 105 cm³/mol. The number of ether oxygens (including phenoxy) is 1. The molecule has 1 aliphatic rings. The first-order valence-corrected chi connectivity index (χ1v) is 8.88. The molecule has 0 saturated heterocycles. The summed E-state index contributed by atoms with van der Waals surface area (Å²) in [6.07, 6.45) is -0.897. The second kappa shape index (κ2) is 7.36. The summed E-state index contributed by atoms with van der Waals surface area (Å²) in [6, 6.07) is 14.6. The van der Waals surface area contributed by atoms with E-state index in [1.807, 2.05) is 0 Å². The Morgan fingerprint density at radius 2 is 1.83 bits per heavy atom. The molecule has 0 radical (unpaired) electrons. The summed E-state index contributed by atoms with van der Waals surface area (Å²) in [5, 5.41) is 26.8. The zero-order valence-corrected chi connectivity index (χ0v) is 15.7. The quantitative estimate of drug-likeness (QED) is 0.522. The average Bonchev–Trinajstić information content (AvgIpc) is 2.74. The standard InChI is InChI=1S/C21H16FN3O5/c1-30-18-11-12(10-17(19(18)26)25(28)29)20-23-16-5-3-2-4-15(16)21(27)24(20)14-8-6-13(22)7-9-14/h2-11,20,23,26H,1H3/p-1/t20-/m1/s1. The average molecular weight is 408 g/mol. The minimum atomic E-state index is -0.897. The van der Waals surface area contributed by atoms with Crippen LogP contribution in [0.15, 0.2) is 60.7 Å². The van der Waals surface area contributed by atoms with Crippen molar-refractivity contribution in [1.29, 1.82) is 0 Å². The second-order valence-corrected chi connectivity index (χ2v) is 6.57. The summed E-state index contributed by atoms with van der Waals surface area (Å²) < 4.78 is 18.5. The van der Waals surface area contributed by atoms with Gasteiger partial charge in [0.05, 0.1) is 17.6 Å². The van der Waals surface area contributed by atoms with E-state index in [0.29, 0.717) is 16.9 Å². The van der Waals surface area contributed by atoms with Crippen molar-refractivity contribution in [2.24, 2.45) is 0 Å². The number of amides is 1. The van der Waals surface area contributed by atoms with Gasteiger partial charge in [-0.05, 0) is 42.5 Å². The van der Waals surface area contributed by atoms with Gasteiger partial charge in [0, 0.05) is 28.8 Å². The van der Waals surface area contributed by atoms with Crippen molar-refractivity contribution >= 4 is 23.0 Å². The van der Waals surface area contributed by atoms with Gasteiger partial charge < -0.3 is 15.2 Å². The van der Waals surface area contributed by atoms with Gasteiger partial charge >= 0.3 is 0 Å². The number of rotatable bonds is 4. The molecule has 0 spiro atoms. The van der Waals surface area contributed by atoms with Gasteiger partial charge in [-0.3, -0.25) is 19.8 Å². The van der Waals surface area contributed by atoms with Crippen LogP contribution in [0.1, 0.15) is 22.1 Å². The van der Waals surface area contributed by atoms with Crippen LogP contribution in [-0.2, 0) is 0 Å². The molecule has 3 aromatic rings. The van der Waals surface area contributed by atoms with Gasteiger partial charge in [-0.15, -0.1) is 0 Å². The van der Waals surface area contributed by atoms with E-state index in [1.54, 1.807) is 24.3 Å². The molecule has 0 fully saturated rings. The summed E-state index contributed by atoms with van der Waals surface area (Å²) in [5.41, 5.74) is 0.890. The third-order valence-electron chi connectivity index (χ3n) is 4.82. The number of benzene rings is 3. The number of anilines is 2. The van der Waals surface area contributed by atoms with Gasteiger partial charge in [0.15, 0.2) is 0 Å². The SMILES string of the molecule is COc1cc([C@@H]2Nc3ccccc3C(=O)N2c2ccc(F)cc2)cc([N+](=O)[O-])c1[O-]. The molecule has 0 bridgehead atoms. The Bertz CT molecular complexity index is 1150. The van der Waals surface area contributed by atoms with Crippen LogP contribution in [0.5, 0.6) is 11.5 Å². The number of nitro benzene ring substituents is 1. The number of hydrogen-bond acceptors (Lipinski definition) is 6. The van der Waals surface area contributed by atoms with Crippen molar-refractivity contribution < 1.29 is 24.0 Å². The highest BCUT2D eigenvalue weighted by Crippen LogP contribution is 2.41. The molecule has 0 saturated carbocycles. The van der Waals surface area contributed by atoms with Gasteiger partial charge in [-0.2, -0.15) is 0 Å². The lowest BCUT2D eigenvalue weighted by molar-refractivity contribution is -0.398. The Morgan fingerprint density at radius 3 is 2.50 bits per heavy atom. The van der Waals surface area contributed by atoms with E-state index in [0.717, 1.165) is 6.07 Å². The third kappa shape index (κ3) is 3.16. The second-order valence-electron chi connectivity index (χ2n) is 6.57. The zero-order chi connectivity index (χ0) is 21.4. The van der Waals surface area contributed by atoms with Crippen LogP contribution in [0.2, 0.25) is 0 Å². The minimum absolute atomic E-state index is 0.216. The van der Waals surface area contributed by atoms with Gasteiger partial charge in [0.2, 0.25) is 0 Å². The molecule has 1 aliphatic heterocycles. The first kappa shape index (κ1) is 19.2. The molecular weight excluding hydrogens is 393 g/mol. The summed E-state index contributed by atoms with van der Waals surface area (Å²) in [4.78, 5) is 25.2. The van der Waals surface area contributed by atoms with Crippen LogP contribution in [0, 0.1) is 15.9 Å². The Morgan fingerprint density at radius 1 is 1.13 bits per heavy atom. The molecule has 1 N–H and O–H groups in total. The summed E-state index contributed by atoms with van der Waals surface area (Å²) in [5.74, 6) is -1.93. The van der Waals surface area contributed by atoms with Crippen LogP contribution < -0.4 is 20.1 Å². The van der Waals surface area contributed by atoms with E-state index in [1.165, 1.54) is 42.3 Å². The molecule has 152 valence electrons. The van der Waals surface area contributed by atoms with Crippen molar-refractivity contribution in [2.75, 3.05) is 17.3 Å². The Kier molecular flexibility index (Phi) is 4.71. The summed E-state index contributed by atoms with van der Waals surface area (Å²) in [7, 11) is 1.23. The van der Waals surface area contributed by atoms with Crippen molar-refractivity contribution in [3.8, 4) is 11.5 Å². The van der Waals surface area contributed by atoms with Gasteiger partial charge in [0.25, 0.3) is 11.6 Å². The van der Waals surface area contributed by atoms with E-state index < -0.39 is 28.3 Å². The van der Waals surface area contributed by atoms with Crippen molar-refractivity contribution in [3.63, 3.8) is 0 Å². The fourth-order valence-corrected chi connectivity index (χ4v) is 3.41. The lowest BCUT2D eigenvalue weighted by atomic mass is 10.0. The Labute approximate surface area is 170 Å². The molecule has 1 atom stereocenters. The van der Waals surface area contributed by atoms with Crippen molar-refractivity contribution in [3.05, 3.63) is 87.7 Å². The summed E-state index contributed by atoms with van der Waals surface area (Å²) >= 11 is 0. The molecule has 0 aromatic heterocycles. The highest BCUT2D eigenvalue weighted by molar-refractivity contribution is 6.12. The van der Waals surface area contributed by atoms with E-state index in [2.05, 4.69) is 5.32 Å². The smallest absolute Gasteiger partial charge is 0.265 e. The first-order chi connectivity index (χ1) is 14.4. The molecule has 0 aliphatic carbocycles. The van der Waals surface area contributed by atoms with E-state index in [4.69, 9.17) is 4.74 Å². The predicted octanol–water partition coefficient (Wildman–Crippen LogP) is 3.59. The number of para-hydroxylation sites is 1. The molecular formula is C21H15FN3O5-. The normalized spacial score (nSPS) is 15.3. The fourth-order valence-electron chi connectivity index (χ4n) is 3.41. The highest BCUT2D eigenvalue weighted by atomic mass is 19.1. The van der Waals surface area contributed by atoms with Crippen LogP contribution in [0.4, 0.5) is 21.5 Å². The Hall–Kier alpha value is -4.14. The number of nitrogens with one attached hydrogen (secondary N) is 1. The van der Waals surface area contributed by atoms with Crippen LogP contribution in [-0.4, -0.2) is 17.9 Å². The molecule has 1 heterocycles. The van der Waals surface area contributed by atoms with Gasteiger partial charge in [-0.1, -0.05) is 12.1 Å². The molecule has 30 heavy (non-hydrogen) atoms. The van der Waals surface area contributed by atoms with Gasteiger partial charge in [-0.25, -0.2) is 4.39 Å². The third-order valence-corrected chi connectivity index (χ3v) is 4.82. The zero-order valence-electron chi connectivity index (χ0n) is 15.7. The molecule has 3 aromatic carbocycles. The van der Waals surface area contributed by atoms with Crippen molar-refractivity contribution in [2.45, 2.75) is 6.17 Å². The fraction of sp³-hybridized carbons (Fsp3) is 0.0952. The lowest BCUT2D eigenvalue weighted by Gasteiger charge is -2.38. The molecule has 1 amide bonds. The van der Waals surface area contributed by atoms with E-state index in [9.17, 15) is 24.4 Å². The molecule has 8 nitrogen and oxygen atoms in total. The lowest BCUT2D eigenvalue weighted by Crippen LogP contribution is -2.43. The maximum absolute atomic E-state index is 13.4. The van der Waals surface area contributed by atoms with E-state index in [-0.39, 0.29) is 17.2 Å². The summed E-state index contributed by atoms with van der Waals surface area (Å²) in [6.45, 7) is 0. The van der Waals surface area contributed by atoms with Crippen LogP contribution >= 0.6 is 0 Å². The first-order valence-electron chi connectivity index (χ1n) is 8.88. The maximum Gasteiger partial charge on any atom is 0.265 e. The van der Waals surface area contributed by atoms with Crippen LogP contribution in [0.25, 0.3) is 0 Å². The number of carbonyl (C=O) groups excluding carboxylic acids is 1.